The molecule has 8 nitrogen and oxygen atoms in total. The van der Waals surface area contributed by atoms with Gasteiger partial charge in [-0.1, -0.05) is 48.3 Å². The van der Waals surface area contributed by atoms with E-state index in [9.17, 15) is 19.5 Å². The van der Waals surface area contributed by atoms with Crippen LogP contribution in [-0.2, 0) is 14.3 Å². The van der Waals surface area contributed by atoms with Crippen LogP contribution in [0.5, 0.6) is 5.75 Å². The predicted octanol–water partition coefficient (Wildman–Crippen LogP) is 5.64. The standard InChI is InChI=1S/C24H25Cl2N3O5S/c1-3-5-10-29-22(32)19(35-24(29)28-16-11-17(25)21(31)18(26)12-16)13-20(30)27-15-8-6-14(7-9-15)23(33)34-4-2/h6-9,11-12,19,31H,3-5,10,13H2,1-2H3,(H,27,30)/t19-/m1/s1. The number of thioether (sulfide) groups is 1. The van der Waals surface area contributed by atoms with Crippen LogP contribution in [0.15, 0.2) is 41.4 Å². The molecule has 2 aromatic rings. The Hall–Kier alpha value is -2.75. The maximum absolute atomic E-state index is 13.1. The Labute approximate surface area is 217 Å². The van der Waals surface area contributed by atoms with Crippen molar-refractivity contribution in [3.8, 4) is 5.75 Å². The summed E-state index contributed by atoms with van der Waals surface area (Å²) in [4.78, 5) is 43.6. The largest absolute Gasteiger partial charge is 0.505 e. The average Bonchev–Trinajstić information content (AvgIpc) is 3.10. The zero-order valence-electron chi connectivity index (χ0n) is 19.2. The first-order valence-electron chi connectivity index (χ1n) is 11.0. The fourth-order valence-corrected chi connectivity index (χ4v) is 4.92. The molecule has 0 spiro atoms. The highest BCUT2D eigenvalue weighted by atomic mass is 35.5. The maximum Gasteiger partial charge on any atom is 0.338 e. The van der Waals surface area contributed by atoms with E-state index in [-0.39, 0.29) is 40.6 Å². The highest BCUT2D eigenvalue weighted by Crippen LogP contribution is 2.38. The van der Waals surface area contributed by atoms with Gasteiger partial charge in [-0.2, -0.15) is 0 Å². The second-order valence-electron chi connectivity index (χ2n) is 7.65. The molecule has 0 radical (unpaired) electrons. The first kappa shape index (κ1) is 26.8. The molecule has 2 aromatic carbocycles. The van der Waals surface area contributed by atoms with Gasteiger partial charge in [0, 0.05) is 18.7 Å². The Kier molecular flexibility index (Phi) is 9.42. The number of benzene rings is 2. The Morgan fingerprint density at radius 1 is 1.17 bits per heavy atom. The normalized spacial score (nSPS) is 16.6. The summed E-state index contributed by atoms with van der Waals surface area (Å²) in [7, 11) is 0. The fourth-order valence-electron chi connectivity index (χ4n) is 3.26. The molecule has 1 heterocycles. The summed E-state index contributed by atoms with van der Waals surface area (Å²) in [6.07, 6.45) is 1.60. The smallest absolute Gasteiger partial charge is 0.338 e. The van der Waals surface area contributed by atoms with Gasteiger partial charge in [-0.3, -0.25) is 14.5 Å². The fraction of sp³-hybridized carbons (Fsp3) is 0.333. The Morgan fingerprint density at radius 2 is 1.83 bits per heavy atom. The van der Waals surface area contributed by atoms with Crippen molar-refractivity contribution in [3.63, 3.8) is 0 Å². The van der Waals surface area contributed by atoms with E-state index in [1.807, 2.05) is 6.92 Å². The molecule has 1 aliphatic rings. The number of phenols is 1. The van der Waals surface area contributed by atoms with Gasteiger partial charge in [-0.05, 0) is 49.7 Å². The van der Waals surface area contributed by atoms with Crippen LogP contribution in [0, 0.1) is 0 Å². The molecule has 1 fully saturated rings. The van der Waals surface area contributed by atoms with Crippen LogP contribution in [0.4, 0.5) is 11.4 Å². The summed E-state index contributed by atoms with van der Waals surface area (Å²) in [5.74, 6) is -1.22. The second-order valence-corrected chi connectivity index (χ2v) is 9.64. The third-order valence-electron chi connectivity index (χ3n) is 5.03. The first-order chi connectivity index (χ1) is 16.7. The summed E-state index contributed by atoms with van der Waals surface area (Å²) < 4.78 is 4.95. The van der Waals surface area contributed by atoms with Gasteiger partial charge in [0.1, 0.15) is 5.25 Å². The number of amidine groups is 1. The number of anilines is 1. The van der Waals surface area contributed by atoms with Crippen LogP contribution in [0.3, 0.4) is 0 Å². The number of nitrogens with zero attached hydrogens (tertiary/aromatic N) is 2. The molecule has 0 saturated carbocycles. The first-order valence-corrected chi connectivity index (χ1v) is 12.7. The van der Waals surface area contributed by atoms with Gasteiger partial charge in [0.15, 0.2) is 10.9 Å². The molecule has 2 amide bonds. The van der Waals surface area contributed by atoms with Gasteiger partial charge in [0.2, 0.25) is 11.8 Å². The van der Waals surface area contributed by atoms with Gasteiger partial charge in [0.05, 0.1) is 27.9 Å². The number of aromatic hydroxyl groups is 1. The molecule has 3 rings (SSSR count). The van der Waals surface area contributed by atoms with E-state index in [2.05, 4.69) is 10.3 Å². The van der Waals surface area contributed by atoms with Gasteiger partial charge in [0.25, 0.3) is 0 Å². The van der Waals surface area contributed by atoms with Crippen LogP contribution >= 0.6 is 35.0 Å². The zero-order valence-corrected chi connectivity index (χ0v) is 21.5. The number of ether oxygens (including phenoxy) is 1. The number of aliphatic imine (C=N–C) groups is 1. The van der Waals surface area contributed by atoms with E-state index < -0.39 is 11.2 Å². The molecule has 0 bridgehead atoms. The highest BCUT2D eigenvalue weighted by Gasteiger charge is 2.38. The van der Waals surface area contributed by atoms with Crippen LogP contribution in [0.1, 0.15) is 43.5 Å². The van der Waals surface area contributed by atoms with Gasteiger partial charge in [-0.15, -0.1) is 0 Å². The molecule has 0 unspecified atom stereocenters. The molecule has 0 aliphatic carbocycles. The zero-order chi connectivity index (χ0) is 25.5. The lowest BCUT2D eigenvalue weighted by Gasteiger charge is -2.16. The summed E-state index contributed by atoms with van der Waals surface area (Å²) in [5, 5.41) is 12.4. The predicted molar refractivity (Wildman–Crippen MR) is 139 cm³/mol. The molecular weight excluding hydrogens is 513 g/mol. The Balaban J connectivity index is 1.72. The number of halogens is 2. The molecule has 186 valence electrons. The average molecular weight is 538 g/mol. The lowest BCUT2D eigenvalue weighted by molar-refractivity contribution is -0.128. The molecule has 1 saturated heterocycles. The van der Waals surface area contributed by atoms with E-state index in [0.29, 0.717) is 28.7 Å². The number of carbonyl (C=O) groups is 3. The molecule has 1 aliphatic heterocycles. The van der Waals surface area contributed by atoms with E-state index in [4.69, 9.17) is 27.9 Å². The minimum atomic E-state index is -0.646. The molecule has 35 heavy (non-hydrogen) atoms. The molecule has 2 N–H and O–H groups in total. The van der Waals surface area contributed by atoms with Crippen LogP contribution in [-0.4, -0.2) is 51.4 Å². The van der Waals surface area contributed by atoms with E-state index in [0.717, 1.165) is 12.8 Å². The van der Waals surface area contributed by atoms with E-state index >= 15 is 0 Å². The Bertz CT molecular complexity index is 1120. The van der Waals surface area contributed by atoms with Gasteiger partial charge < -0.3 is 15.2 Å². The number of amides is 2. The van der Waals surface area contributed by atoms with E-state index in [1.54, 1.807) is 36.1 Å². The molecule has 11 heteroatoms. The third-order valence-corrected chi connectivity index (χ3v) is 6.78. The molecule has 0 aromatic heterocycles. The molecular formula is C24H25Cl2N3O5S. The second kappa shape index (κ2) is 12.3. The SMILES string of the molecule is CCCCN1C(=O)[C@@H](CC(=O)Nc2ccc(C(=O)OCC)cc2)SC1=Nc1cc(Cl)c(O)c(Cl)c1. The summed E-state index contributed by atoms with van der Waals surface area (Å²) >= 11 is 13.2. The van der Waals surface area contributed by atoms with Crippen molar-refractivity contribution in [1.29, 1.82) is 0 Å². The number of unbranched alkanes of at least 4 members (excludes halogenated alkanes) is 1. The summed E-state index contributed by atoms with van der Waals surface area (Å²) in [5.41, 5.74) is 1.28. The van der Waals surface area contributed by atoms with Crippen molar-refractivity contribution in [3.05, 3.63) is 52.0 Å². The number of hydrogen-bond donors (Lipinski definition) is 2. The van der Waals surface area contributed by atoms with Crippen molar-refractivity contribution >= 4 is 69.3 Å². The van der Waals surface area contributed by atoms with Crippen LogP contribution in [0.25, 0.3) is 0 Å². The van der Waals surface area contributed by atoms with E-state index in [1.165, 1.54) is 23.9 Å². The minimum absolute atomic E-state index is 0.0520. The third kappa shape index (κ3) is 6.90. The Morgan fingerprint density at radius 3 is 2.43 bits per heavy atom. The number of esters is 1. The lowest BCUT2D eigenvalue weighted by atomic mass is 10.2. The number of hydrogen-bond acceptors (Lipinski definition) is 7. The van der Waals surface area contributed by atoms with Crippen LogP contribution < -0.4 is 5.32 Å². The number of nitrogens with one attached hydrogen (secondary N) is 1. The van der Waals surface area contributed by atoms with Crippen LogP contribution in [0.2, 0.25) is 10.0 Å². The topological polar surface area (TPSA) is 108 Å². The van der Waals surface area contributed by atoms with Gasteiger partial charge >= 0.3 is 5.97 Å². The number of phenolic OH excluding ortho intramolecular Hbond substituents is 1. The summed E-state index contributed by atoms with van der Waals surface area (Å²) in [6.45, 7) is 4.48. The summed E-state index contributed by atoms with van der Waals surface area (Å²) in [6, 6.07) is 9.25. The monoisotopic (exact) mass is 537 g/mol. The quantitative estimate of drug-likeness (QED) is 0.401. The number of rotatable bonds is 9. The maximum atomic E-state index is 13.1. The molecule has 1 atom stereocenters. The highest BCUT2D eigenvalue weighted by molar-refractivity contribution is 8.15. The lowest BCUT2D eigenvalue weighted by Crippen LogP contribution is -2.34. The van der Waals surface area contributed by atoms with Crippen molar-refractivity contribution in [2.45, 2.75) is 38.4 Å². The van der Waals surface area contributed by atoms with Gasteiger partial charge in [-0.25, -0.2) is 9.79 Å². The minimum Gasteiger partial charge on any atom is -0.505 e. The van der Waals surface area contributed by atoms with Crippen molar-refractivity contribution in [1.82, 2.24) is 4.90 Å². The number of carbonyl (C=O) groups excluding carboxylic acids is 3. The van der Waals surface area contributed by atoms with Crippen molar-refractivity contribution in [2.75, 3.05) is 18.5 Å². The van der Waals surface area contributed by atoms with Crippen molar-refractivity contribution in [2.24, 2.45) is 4.99 Å². The van der Waals surface area contributed by atoms with Crippen molar-refractivity contribution < 1.29 is 24.2 Å².